The summed E-state index contributed by atoms with van der Waals surface area (Å²) in [5.41, 5.74) is 0.219. The van der Waals surface area contributed by atoms with Crippen molar-refractivity contribution in [1.82, 2.24) is 9.19 Å². The van der Waals surface area contributed by atoms with Crippen molar-refractivity contribution in [3.63, 3.8) is 0 Å². The molecular weight excluding hydrogens is 195 g/mol. The first kappa shape index (κ1) is 9.04. The summed E-state index contributed by atoms with van der Waals surface area (Å²) in [5.74, 6) is -0.104. The van der Waals surface area contributed by atoms with Gasteiger partial charge in [-0.15, -0.1) is 5.10 Å². The van der Waals surface area contributed by atoms with Crippen LogP contribution < -0.4 is 5.73 Å². The maximum atomic E-state index is 11.7. The summed E-state index contributed by atoms with van der Waals surface area (Å²) in [6.07, 6.45) is 0.902. The molecule has 2 N–H and O–H groups in total. The predicted molar refractivity (Wildman–Crippen MR) is 36.2 cm³/mol. The second kappa shape index (κ2) is 2.77. The molecule has 1 heterocycles. The Bertz CT molecular complexity index is 307. The number of alkyl halides is 3. The molecule has 0 fully saturated rings. The van der Waals surface area contributed by atoms with Gasteiger partial charge in [0.05, 0.1) is 0 Å². The molecule has 68 valence electrons. The average Bonchev–Trinajstić information content (AvgIpc) is 2.32. The molecule has 0 saturated carbocycles. The number of nitrogens with two attached hydrogens (primary N) is 1. The van der Waals surface area contributed by atoms with Crippen LogP contribution in [0.3, 0.4) is 0 Å². The highest BCUT2D eigenvalue weighted by atomic mass is 32.2. The molecule has 0 radical (unpaired) electrons. The molecule has 1 aromatic heterocycles. The van der Waals surface area contributed by atoms with Gasteiger partial charge in [-0.2, -0.15) is 17.3 Å². The molecular formula is C4H4F3N3OS. The SMILES string of the molecule is Nc1ccn(S(=O)C(F)(F)F)n1. The fraction of sp³-hybridized carbons (Fsp3) is 0.250. The zero-order valence-electron chi connectivity index (χ0n) is 5.58. The zero-order chi connectivity index (χ0) is 9.35. The van der Waals surface area contributed by atoms with Crippen LogP contribution >= 0.6 is 0 Å². The van der Waals surface area contributed by atoms with Crippen LogP contribution in [0.25, 0.3) is 0 Å². The Balaban J connectivity index is 2.93. The highest BCUT2D eigenvalue weighted by Gasteiger charge is 2.39. The van der Waals surface area contributed by atoms with Crippen LogP contribution in [0.2, 0.25) is 0 Å². The van der Waals surface area contributed by atoms with E-state index in [1.807, 2.05) is 0 Å². The molecule has 1 unspecified atom stereocenters. The normalized spacial score (nSPS) is 14.6. The summed E-state index contributed by atoms with van der Waals surface area (Å²) < 4.78 is 46.0. The maximum absolute atomic E-state index is 11.7. The topological polar surface area (TPSA) is 60.9 Å². The Morgan fingerprint density at radius 1 is 1.58 bits per heavy atom. The highest BCUT2D eigenvalue weighted by Crippen LogP contribution is 2.20. The van der Waals surface area contributed by atoms with Crippen molar-refractivity contribution in [3.05, 3.63) is 12.3 Å². The minimum Gasteiger partial charge on any atom is -0.382 e. The van der Waals surface area contributed by atoms with Crippen molar-refractivity contribution in [2.45, 2.75) is 5.51 Å². The number of aromatic nitrogens is 2. The quantitative estimate of drug-likeness (QED) is 0.716. The van der Waals surface area contributed by atoms with E-state index in [4.69, 9.17) is 5.73 Å². The van der Waals surface area contributed by atoms with E-state index in [1.54, 1.807) is 0 Å². The largest absolute Gasteiger partial charge is 0.492 e. The van der Waals surface area contributed by atoms with E-state index in [0.717, 1.165) is 12.3 Å². The van der Waals surface area contributed by atoms with Gasteiger partial charge in [0, 0.05) is 12.3 Å². The summed E-state index contributed by atoms with van der Waals surface area (Å²) in [5, 5.41) is 3.15. The molecule has 0 aliphatic rings. The molecule has 12 heavy (non-hydrogen) atoms. The van der Waals surface area contributed by atoms with Gasteiger partial charge in [0.2, 0.25) is 11.0 Å². The van der Waals surface area contributed by atoms with E-state index in [1.165, 1.54) is 0 Å². The molecule has 0 bridgehead atoms. The fourth-order valence-corrected chi connectivity index (χ4v) is 1.07. The van der Waals surface area contributed by atoms with E-state index in [0.29, 0.717) is 0 Å². The number of rotatable bonds is 1. The monoisotopic (exact) mass is 199 g/mol. The van der Waals surface area contributed by atoms with E-state index >= 15 is 0 Å². The predicted octanol–water partition coefficient (Wildman–Crippen LogP) is 0.497. The highest BCUT2D eigenvalue weighted by molar-refractivity contribution is 7.84. The van der Waals surface area contributed by atoms with Crippen molar-refractivity contribution in [3.8, 4) is 0 Å². The van der Waals surface area contributed by atoms with Crippen molar-refractivity contribution < 1.29 is 17.4 Å². The first-order chi connectivity index (χ1) is 5.41. The lowest BCUT2D eigenvalue weighted by atomic mass is 10.7. The molecule has 1 rings (SSSR count). The lowest BCUT2D eigenvalue weighted by molar-refractivity contribution is -0.0395. The van der Waals surface area contributed by atoms with Gasteiger partial charge in [-0.25, -0.2) is 4.21 Å². The third kappa shape index (κ3) is 1.76. The smallest absolute Gasteiger partial charge is 0.382 e. The molecule has 0 spiro atoms. The van der Waals surface area contributed by atoms with Crippen molar-refractivity contribution >= 4 is 16.8 Å². The average molecular weight is 199 g/mol. The summed E-state index contributed by atoms with van der Waals surface area (Å²) in [4.78, 5) is 0. The van der Waals surface area contributed by atoms with E-state index in [9.17, 15) is 17.4 Å². The number of nitrogens with zero attached hydrogens (tertiary/aromatic N) is 2. The summed E-state index contributed by atoms with van der Waals surface area (Å²) in [7, 11) is -3.15. The lowest BCUT2D eigenvalue weighted by Crippen LogP contribution is -2.23. The van der Waals surface area contributed by atoms with Gasteiger partial charge >= 0.3 is 5.51 Å². The van der Waals surface area contributed by atoms with Gasteiger partial charge in [-0.1, -0.05) is 0 Å². The zero-order valence-corrected chi connectivity index (χ0v) is 6.39. The second-order valence-corrected chi connectivity index (χ2v) is 3.17. The Kier molecular flexibility index (Phi) is 2.09. The van der Waals surface area contributed by atoms with Crippen LogP contribution in [0.15, 0.2) is 12.3 Å². The molecule has 1 aromatic rings. The molecule has 0 amide bonds. The van der Waals surface area contributed by atoms with Gasteiger partial charge in [0.15, 0.2) is 0 Å². The summed E-state index contributed by atoms with van der Waals surface area (Å²) in [6.45, 7) is 0. The minimum atomic E-state index is -4.81. The van der Waals surface area contributed by atoms with Crippen LogP contribution in [-0.2, 0) is 11.0 Å². The van der Waals surface area contributed by atoms with E-state index < -0.39 is 16.5 Å². The minimum absolute atomic E-state index is 0.104. The van der Waals surface area contributed by atoms with Gasteiger partial charge < -0.3 is 5.73 Å². The lowest BCUT2D eigenvalue weighted by Gasteiger charge is -2.03. The molecule has 1 atom stereocenters. The standard InChI is InChI=1S/C4H4F3N3OS/c5-4(6,7)12(11)10-2-1-3(8)9-10/h1-2H,(H2,8,9). The third-order valence-electron chi connectivity index (χ3n) is 0.955. The van der Waals surface area contributed by atoms with E-state index in [-0.39, 0.29) is 9.90 Å². The van der Waals surface area contributed by atoms with E-state index in [2.05, 4.69) is 5.10 Å². The van der Waals surface area contributed by atoms with Crippen molar-refractivity contribution in [2.24, 2.45) is 0 Å². The first-order valence-electron chi connectivity index (χ1n) is 2.71. The number of anilines is 1. The molecule has 8 heteroatoms. The Labute approximate surface area is 67.7 Å². The molecule has 0 saturated heterocycles. The van der Waals surface area contributed by atoms with Crippen LogP contribution in [-0.4, -0.2) is 18.9 Å². The number of hydrogen-bond donors (Lipinski definition) is 1. The van der Waals surface area contributed by atoms with Crippen molar-refractivity contribution in [1.29, 1.82) is 0 Å². The Morgan fingerprint density at radius 3 is 2.50 bits per heavy atom. The second-order valence-electron chi connectivity index (χ2n) is 1.84. The van der Waals surface area contributed by atoms with Gasteiger partial charge in [0.25, 0.3) is 0 Å². The maximum Gasteiger partial charge on any atom is 0.492 e. The fourth-order valence-electron chi connectivity index (χ4n) is 0.519. The van der Waals surface area contributed by atoms with Crippen LogP contribution in [0.5, 0.6) is 0 Å². The number of nitrogen functional groups attached to an aromatic ring is 1. The molecule has 0 aliphatic heterocycles. The van der Waals surface area contributed by atoms with Gasteiger partial charge in [-0.05, 0) is 0 Å². The third-order valence-corrected chi connectivity index (χ3v) is 1.89. The molecule has 4 nitrogen and oxygen atoms in total. The van der Waals surface area contributed by atoms with Crippen LogP contribution in [0.4, 0.5) is 19.0 Å². The Hall–Kier alpha value is -1.05. The first-order valence-corrected chi connectivity index (χ1v) is 3.82. The summed E-state index contributed by atoms with van der Waals surface area (Å²) >= 11 is 0. The molecule has 0 aliphatic carbocycles. The number of halogens is 3. The summed E-state index contributed by atoms with van der Waals surface area (Å²) in [6, 6.07) is 1.13. The van der Waals surface area contributed by atoms with Gasteiger partial charge in [-0.3, -0.25) is 0 Å². The van der Waals surface area contributed by atoms with Crippen molar-refractivity contribution in [2.75, 3.05) is 5.73 Å². The number of hydrogen-bond acceptors (Lipinski definition) is 3. The Morgan fingerprint density at radius 2 is 2.17 bits per heavy atom. The van der Waals surface area contributed by atoms with Crippen LogP contribution in [0.1, 0.15) is 0 Å². The van der Waals surface area contributed by atoms with Crippen LogP contribution in [0, 0.1) is 0 Å². The van der Waals surface area contributed by atoms with Gasteiger partial charge in [0.1, 0.15) is 5.82 Å². The molecule has 0 aromatic carbocycles.